The van der Waals surface area contributed by atoms with Gasteiger partial charge in [0.05, 0.1) is 7.11 Å². The molecule has 2 rings (SSSR count). The molecule has 0 unspecified atom stereocenters. The number of benzene rings is 1. The Balaban J connectivity index is 2.03. The third-order valence-corrected chi connectivity index (χ3v) is 3.67. The van der Waals surface area contributed by atoms with Crippen molar-refractivity contribution in [3.8, 4) is 17.6 Å². The smallest absolute Gasteiger partial charge is 0.262 e. The molecule has 0 bridgehead atoms. The van der Waals surface area contributed by atoms with E-state index in [1.165, 1.54) is 11.3 Å². The third kappa shape index (κ3) is 4.09. The van der Waals surface area contributed by atoms with Crippen LogP contribution >= 0.6 is 11.3 Å². The van der Waals surface area contributed by atoms with E-state index in [2.05, 4.69) is 17.2 Å². The molecule has 1 aromatic heterocycles. The van der Waals surface area contributed by atoms with E-state index in [-0.39, 0.29) is 12.5 Å². The molecule has 2 N–H and O–H groups in total. The average Bonchev–Trinajstić information content (AvgIpc) is 2.99. The first kappa shape index (κ1) is 15.1. The van der Waals surface area contributed by atoms with Gasteiger partial charge < -0.3 is 15.2 Å². The maximum atomic E-state index is 12.2. The summed E-state index contributed by atoms with van der Waals surface area (Å²) in [6.45, 7) is 0.196. The van der Waals surface area contributed by atoms with Crippen molar-refractivity contribution in [1.82, 2.24) is 5.32 Å². The van der Waals surface area contributed by atoms with Crippen molar-refractivity contribution in [3.05, 3.63) is 51.7 Å². The van der Waals surface area contributed by atoms with Crippen LogP contribution in [-0.2, 0) is 6.54 Å². The molecule has 5 heteroatoms. The zero-order valence-corrected chi connectivity index (χ0v) is 12.4. The van der Waals surface area contributed by atoms with Gasteiger partial charge in [-0.05, 0) is 29.1 Å². The number of aliphatic hydroxyl groups is 1. The molecule has 0 atom stereocenters. The molecule has 0 aliphatic rings. The van der Waals surface area contributed by atoms with Gasteiger partial charge >= 0.3 is 0 Å². The van der Waals surface area contributed by atoms with E-state index in [9.17, 15) is 4.79 Å². The van der Waals surface area contributed by atoms with Gasteiger partial charge in [-0.1, -0.05) is 24.0 Å². The summed E-state index contributed by atoms with van der Waals surface area (Å²) in [7, 11) is 1.61. The first-order chi connectivity index (χ1) is 10.2. The summed E-state index contributed by atoms with van der Waals surface area (Å²) in [5.41, 5.74) is 1.60. The number of nitrogens with one attached hydrogen (secondary N) is 1. The maximum Gasteiger partial charge on any atom is 0.262 e. The van der Waals surface area contributed by atoms with Gasteiger partial charge in [0.1, 0.15) is 17.2 Å². The quantitative estimate of drug-likeness (QED) is 0.850. The molecule has 0 fully saturated rings. The van der Waals surface area contributed by atoms with Crippen LogP contribution in [0, 0.1) is 11.8 Å². The Hall–Kier alpha value is -2.29. The monoisotopic (exact) mass is 301 g/mol. The second kappa shape index (κ2) is 7.48. The predicted octanol–water partition coefficient (Wildman–Crippen LogP) is 2.03. The lowest BCUT2D eigenvalue weighted by Crippen LogP contribution is -2.22. The van der Waals surface area contributed by atoms with Crippen molar-refractivity contribution < 1.29 is 14.6 Å². The van der Waals surface area contributed by atoms with Crippen LogP contribution in [0.15, 0.2) is 35.7 Å². The zero-order chi connectivity index (χ0) is 15.1. The number of carbonyl (C=O) groups is 1. The number of methoxy groups -OCH3 is 1. The van der Waals surface area contributed by atoms with Gasteiger partial charge in [0.25, 0.3) is 5.91 Å². The van der Waals surface area contributed by atoms with Crippen LogP contribution in [0.5, 0.6) is 5.75 Å². The van der Waals surface area contributed by atoms with Crippen LogP contribution < -0.4 is 10.1 Å². The van der Waals surface area contributed by atoms with Gasteiger partial charge in [0, 0.05) is 12.1 Å². The van der Waals surface area contributed by atoms with E-state index in [1.807, 2.05) is 29.6 Å². The molecule has 1 aromatic carbocycles. The summed E-state index contributed by atoms with van der Waals surface area (Å²) in [5, 5.41) is 13.4. The van der Waals surface area contributed by atoms with E-state index in [0.717, 1.165) is 11.3 Å². The Morgan fingerprint density at radius 2 is 2.29 bits per heavy atom. The number of carbonyl (C=O) groups excluding carboxylic acids is 1. The molecule has 1 heterocycles. The van der Waals surface area contributed by atoms with Gasteiger partial charge in [0.2, 0.25) is 0 Å². The molecule has 0 spiro atoms. The number of hydrogen-bond donors (Lipinski definition) is 2. The van der Waals surface area contributed by atoms with Gasteiger partial charge in [-0.3, -0.25) is 4.79 Å². The standard InChI is InChI=1S/C16H15NO3S/c1-20-14-6-2-4-12(10-14)11-17-16(19)15-13(5-3-8-18)7-9-21-15/h2,4,6-7,9-10,18H,8,11H2,1H3,(H,17,19). The normalized spacial score (nSPS) is 9.62. The average molecular weight is 301 g/mol. The highest BCUT2D eigenvalue weighted by molar-refractivity contribution is 7.12. The van der Waals surface area contributed by atoms with Crippen LogP contribution in [0.25, 0.3) is 0 Å². The number of thiophene rings is 1. The van der Waals surface area contributed by atoms with Crippen molar-refractivity contribution in [2.24, 2.45) is 0 Å². The zero-order valence-electron chi connectivity index (χ0n) is 11.6. The van der Waals surface area contributed by atoms with Crippen LogP contribution in [0.3, 0.4) is 0 Å². The van der Waals surface area contributed by atoms with E-state index >= 15 is 0 Å². The fourth-order valence-electron chi connectivity index (χ4n) is 1.76. The predicted molar refractivity (Wildman–Crippen MR) is 82.4 cm³/mol. The van der Waals surface area contributed by atoms with Crippen molar-refractivity contribution in [2.75, 3.05) is 13.7 Å². The van der Waals surface area contributed by atoms with E-state index in [0.29, 0.717) is 17.0 Å². The SMILES string of the molecule is COc1cccc(CNC(=O)c2sccc2C#CCO)c1. The van der Waals surface area contributed by atoms with E-state index in [4.69, 9.17) is 9.84 Å². The minimum atomic E-state index is -0.222. The number of hydrogen-bond acceptors (Lipinski definition) is 4. The highest BCUT2D eigenvalue weighted by Crippen LogP contribution is 2.16. The largest absolute Gasteiger partial charge is 0.497 e. The summed E-state index contributed by atoms with van der Waals surface area (Å²) >= 11 is 1.33. The molecule has 0 aliphatic heterocycles. The van der Waals surface area contributed by atoms with Gasteiger partial charge in [-0.25, -0.2) is 0 Å². The molecular formula is C16H15NO3S. The Morgan fingerprint density at radius 1 is 1.43 bits per heavy atom. The Labute approximate surface area is 127 Å². The second-order valence-electron chi connectivity index (χ2n) is 4.16. The molecule has 21 heavy (non-hydrogen) atoms. The lowest BCUT2D eigenvalue weighted by molar-refractivity contribution is 0.0954. The maximum absolute atomic E-state index is 12.2. The number of rotatable bonds is 4. The van der Waals surface area contributed by atoms with Gasteiger partial charge in [-0.2, -0.15) is 0 Å². The minimum Gasteiger partial charge on any atom is -0.497 e. The molecule has 1 amide bonds. The van der Waals surface area contributed by atoms with Crippen molar-refractivity contribution in [1.29, 1.82) is 0 Å². The van der Waals surface area contributed by atoms with Crippen molar-refractivity contribution in [2.45, 2.75) is 6.54 Å². The molecule has 0 aliphatic carbocycles. The fourth-order valence-corrected chi connectivity index (χ4v) is 2.53. The summed E-state index contributed by atoms with van der Waals surface area (Å²) < 4.78 is 5.14. The summed E-state index contributed by atoms with van der Waals surface area (Å²) in [5.74, 6) is 5.91. The Bertz CT molecular complexity index is 682. The molecule has 0 saturated carbocycles. The van der Waals surface area contributed by atoms with Gasteiger partial charge in [0.15, 0.2) is 0 Å². The van der Waals surface area contributed by atoms with Crippen LogP contribution in [0.4, 0.5) is 0 Å². The lowest BCUT2D eigenvalue weighted by atomic mass is 10.2. The molecule has 4 nitrogen and oxygen atoms in total. The Kier molecular flexibility index (Phi) is 5.38. The highest BCUT2D eigenvalue weighted by atomic mass is 32.1. The minimum absolute atomic E-state index is 0.171. The van der Waals surface area contributed by atoms with Crippen molar-refractivity contribution >= 4 is 17.2 Å². The second-order valence-corrected chi connectivity index (χ2v) is 5.07. The number of ether oxygens (including phenoxy) is 1. The number of aliphatic hydroxyl groups excluding tert-OH is 1. The van der Waals surface area contributed by atoms with Crippen LogP contribution in [0.2, 0.25) is 0 Å². The molecule has 0 saturated heterocycles. The van der Waals surface area contributed by atoms with E-state index in [1.54, 1.807) is 13.2 Å². The highest BCUT2D eigenvalue weighted by Gasteiger charge is 2.11. The first-order valence-corrected chi connectivity index (χ1v) is 7.21. The van der Waals surface area contributed by atoms with E-state index < -0.39 is 0 Å². The molecule has 108 valence electrons. The van der Waals surface area contributed by atoms with Crippen LogP contribution in [0.1, 0.15) is 20.8 Å². The molecular weight excluding hydrogens is 286 g/mol. The summed E-state index contributed by atoms with van der Waals surface area (Å²) in [6, 6.07) is 9.30. The third-order valence-electron chi connectivity index (χ3n) is 2.76. The molecule has 0 radical (unpaired) electrons. The lowest BCUT2D eigenvalue weighted by Gasteiger charge is -2.06. The topological polar surface area (TPSA) is 58.6 Å². The van der Waals surface area contributed by atoms with Gasteiger partial charge in [-0.15, -0.1) is 11.3 Å². The summed E-state index contributed by atoms with van der Waals surface area (Å²) in [4.78, 5) is 12.7. The molecule has 2 aromatic rings. The Morgan fingerprint density at radius 3 is 3.05 bits per heavy atom. The summed E-state index contributed by atoms with van der Waals surface area (Å²) in [6.07, 6.45) is 0. The van der Waals surface area contributed by atoms with Crippen LogP contribution in [-0.4, -0.2) is 24.7 Å². The van der Waals surface area contributed by atoms with Crippen molar-refractivity contribution in [3.63, 3.8) is 0 Å². The first-order valence-electron chi connectivity index (χ1n) is 6.33. The fraction of sp³-hybridized carbons (Fsp3) is 0.188. The number of amides is 1.